The van der Waals surface area contributed by atoms with Gasteiger partial charge in [0, 0.05) is 30.1 Å². The fraction of sp³-hybridized carbons (Fsp3) is 0.684. The molecule has 144 valence electrons. The quantitative estimate of drug-likeness (QED) is 0.712. The van der Waals surface area contributed by atoms with Crippen molar-refractivity contribution in [1.82, 2.24) is 20.9 Å². The summed E-state index contributed by atoms with van der Waals surface area (Å²) in [4.78, 5) is 27.5. The first-order valence-corrected chi connectivity index (χ1v) is 10.7. The molecule has 0 aromatic carbocycles. The van der Waals surface area contributed by atoms with Gasteiger partial charge in [-0.3, -0.25) is 9.69 Å². The van der Waals surface area contributed by atoms with Crippen molar-refractivity contribution in [3.05, 3.63) is 22.4 Å². The third-order valence-corrected chi connectivity index (χ3v) is 6.15. The summed E-state index contributed by atoms with van der Waals surface area (Å²) < 4.78 is 0. The summed E-state index contributed by atoms with van der Waals surface area (Å²) in [5.41, 5.74) is 0. The van der Waals surface area contributed by atoms with E-state index in [1.54, 1.807) is 11.3 Å². The molecule has 1 saturated carbocycles. The van der Waals surface area contributed by atoms with Gasteiger partial charge in [0.05, 0.1) is 13.1 Å². The minimum Gasteiger partial charge on any atom is -0.350 e. The highest BCUT2D eigenvalue weighted by molar-refractivity contribution is 7.09. The number of thiophene rings is 1. The van der Waals surface area contributed by atoms with E-state index in [0.29, 0.717) is 19.1 Å². The summed E-state index contributed by atoms with van der Waals surface area (Å²) in [6, 6.07) is 4.55. The monoisotopic (exact) mass is 378 g/mol. The zero-order valence-electron chi connectivity index (χ0n) is 15.3. The first-order chi connectivity index (χ1) is 12.7. The molecule has 1 saturated heterocycles. The molecule has 3 rings (SSSR count). The molecule has 3 amide bonds. The molecule has 0 radical (unpaired) electrons. The van der Waals surface area contributed by atoms with E-state index >= 15 is 0 Å². The number of rotatable bonds is 6. The van der Waals surface area contributed by atoms with Crippen LogP contribution in [0.1, 0.15) is 49.8 Å². The van der Waals surface area contributed by atoms with Crippen LogP contribution in [0.15, 0.2) is 17.5 Å². The molecule has 2 aliphatic rings. The van der Waals surface area contributed by atoms with Crippen LogP contribution >= 0.6 is 11.3 Å². The van der Waals surface area contributed by atoms with Crippen LogP contribution in [-0.2, 0) is 11.3 Å². The molecular formula is C19H30N4O2S. The summed E-state index contributed by atoms with van der Waals surface area (Å²) >= 11 is 1.65. The lowest BCUT2D eigenvalue weighted by atomic mass is 9.96. The average Bonchev–Trinajstić information content (AvgIpc) is 3.16. The van der Waals surface area contributed by atoms with Crippen molar-refractivity contribution in [2.75, 3.05) is 19.6 Å². The fourth-order valence-corrected chi connectivity index (χ4v) is 4.40. The molecule has 0 atom stereocenters. The van der Waals surface area contributed by atoms with E-state index < -0.39 is 0 Å². The Balaban J connectivity index is 1.29. The molecule has 0 bridgehead atoms. The van der Waals surface area contributed by atoms with Crippen molar-refractivity contribution in [2.24, 2.45) is 0 Å². The van der Waals surface area contributed by atoms with Crippen LogP contribution in [0.4, 0.5) is 4.79 Å². The van der Waals surface area contributed by atoms with Crippen LogP contribution in [0.5, 0.6) is 0 Å². The molecule has 7 heteroatoms. The topological polar surface area (TPSA) is 73.5 Å². The summed E-state index contributed by atoms with van der Waals surface area (Å²) in [6.07, 6.45) is 7.74. The molecule has 2 fully saturated rings. The Bertz CT molecular complexity index is 564. The van der Waals surface area contributed by atoms with E-state index in [9.17, 15) is 9.59 Å². The molecule has 1 aromatic rings. The normalized spacial score (nSPS) is 19.8. The lowest BCUT2D eigenvalue weighted by Crippen LogP contribution is -2.51. The Labute approximate surface area is 159 Å². The minimum atomic E-state index is -0.0240. The second kappa shape index (κ2) is 9.92. The van der Waals surface area contributed by atoms with Gasteiger partial charge in [0.1, 0.15) is 0 Å². The molecule has 1 aliphatic heterocycles. The fourth-order valence-electron chi connectivity index (χ4n) is 3.75. The number of carbonyl (C=O) groups excluding carboxylic acids is 2. The number of hydrogen-bond donors (Lipinski definition) is 3. The van der Waals surface area contributed by atoms with E-state index in [2.05, 4.69) is 20.9 Å². The van der Waals surface area contributed by atoms with Gasteiger partial charge >= 0.3 is 6.03 Å². The van der Waals surface area contributed by atoms with Gasteiger partial charge < -0.3 is 16.0 Å². The number of piperidine rings is 1. The van der Waals surface area contributed by atoms with Gasteiger partial charge in [-0.2, -0.15) is 0 Å². The molecule has 0 unspecified atom stereocenters. The number of urea groups is 1. The van der Waals surface area contributed by atoms with Crippen LogP contribution in [0.25, 0.3) is 0 Å². The SMILES string of the molecule is O=C(CN1CCC(NC(=O)NC2CCCCC2)CC1)NCc1cccs1. The molecule has 6 nitrogen and oxygen atoms in total. The molecule has 3 N–H and O–H groups in total. The van der Waals surface area contributed by atoms with Crippen molar-refractivity contribution >= 4 is 23.3 Å². The second-order valence-corrected chi connectivity index (χ2v) is 8.39. The Morgan fingerprint density at radius 3 is 2.38 bits per heavy atom. The standard InChI is InChI=1S/C19H30N4O2S/c24-18(20-13-17-7-4-12-26-17)14-23-10-8-16(9-11-23)22-19(25)21-15-5-2-1-3-6-15/h4,7,12,15-16H,1-3,5-6,8-11,13-14H2,(H,20,24)(H2,21,22,25). The van der Waals surface area contributed by atoms with Crippen LogP contribution in [0.2, 0.25) is 0 Å². The highest BCUT2D eigenvalue weighted by atomic mass is 32.1. The summed E-state index contributed by atoms with van der Waals surface area (Å²) in [5.74, 6) is 0.0693. The zero-order chi connectivity index (χ0) is 18.2. The van der Waals surface area contributed by atoms with Crippen molar-refractivity contribution in [1.29, 1.82) is 0 Å². The van der Waals surface area contributed by atoms with Gasteiger partial charge in [-0.25, -0.2) is 4.79 Å². The number of amides is 3. The van der Waals surface area contributed by atoms with Gasteiger partial charge in [0.15, 0.2) is 0 Å². The summed E-state index contributed by atoms with van der Waals surface area (Å²) in [7, 11) is 0. The van der Waals surface area contributed by atoms with E-state index in [-0.39, 0.29) is 18.0 Å². The smallest absolute Gasteiger partial charge is 0.315 e. The number of nitrogens with zero attached hydrogens (tertiary/aromatic N) is 1. The summed E-state index contributed by atoms with van der Waals surface area (Å²) in [5, 5.41) is 11.2. The second-order valence-electron chi connectivity index (χ2n) is 7.36. The average molecular weight is 379 g/mol. The molecule has 26 heavy (non-hydrogen) atoms. The van der Waals surface area contributed by atoms with Crippen LogP contribution in [0.3, 0.4) is 0 Å². The van der Waals surface area contributed by atoms with Crippen LogP contribution in [0, 0.1) is 0 Å². The predicted molar refractivity (Wildman–Crippen MR) is 104 cm³/mol. The van der Waals surface area contributed by atoms with Crippen LogP contribution in [-0.4, -0.2) is 48.6 Å². The van der Waals surface area contributed by atoms with Gasteiger partial charge in [-0.05, 0) is 37.1 Å². The Morgan fingerprint density at radius 2 is 1.73 bits per heavy atom. The van der Waals surface area contributed by atoms with Gasteiger partial charge in [-0.1, -0.05) is 25.3 Å². The largest absolute Gasteiger partial charge is 0.350 e. The number of hydrogen-bond acceptors (Lipinski definition) is 4. The van der Waals surface area contributed by atoms with Crippen LogP contribution < -0.4 is 16.0 Å². The Kier molecular flexibility index (Phi) is 7.32. The third-order valence-electron chi connectivity index (χ3n) is 5.27. The third kappa shape index (κ3) is 6.29. The number of carbonyl (C=O) groups is 2. The number of likely N-dealkylation sites (tertiary alicyclic amines) is 1. The molecule has 2 heterocycles. The predicted octanol–water partition coefficient (Wildman–Crippen LogP) is 2.46. The highest BCUT2D eigenvalue weighted by Gasteiger charge is 2.23. The first kappa shape index (κ1) is 19.2. The van der Waals surface area contributed by atoms with Gasteiger partial charge in [0.25, 0.3) is 0 Å². The van der Waals surface area contributed by atoms with Crippen molar-refractivity contribution in [3.63, 3.8) is 0 Å². The molecular weight excluding hydrogens is 348 g/mol. The maximum Gasteiger partial charge on any atom is 0.315 e. The highest BCUT2D eigenvalue weighted by Crippen LogP contribution is 2.17. The molecule has 1 aromatic heterocycles. The lowest BCUT2D eigenvalue weighted by molar-refractivity contribution is -0.122. The minimum absolute atomic E-state index is 0.0240. The van der Waals surface area contributed by atoms with Crippen molar-refractivity contribution in [2.45, 2.75) is 63.6 Å². The van der Waals surface area contributed by atoms with E-state index in [1.165, 1.54) is 24.1 Å². The van der Waals surface area contributed by atoms with Crippen molar-refractivity contribution < 1.29 is 9.59 Å². The summed E-state index contributed by atoms with van der Waals surface area (Å²) in [6.45, 7) is 2.74. The van der Waals surface area contributed by atoms with E-state index in [0.717, 1.165) is 38.8 Å². The number of nitrogens with one attached hydrogen (secondary N) is 3. The molecule has 0 spiro atoms. The Hall–Kier alpha value is -1.60. The van der Waals surface area contributed by atoms with E-state index in [4.69, 9.17) is 0 Å². The Morgan fingerprint density at radius 1 is 1.04 bits per heavy atom. The van der Waals surface area contributed by atoms with E-state index in [1.807, 2.05) is 17.5 Å². The maximum absolute atomic E-state index is 12.1. The zero-order valence-corrected chi connectivity index (χ0v) is 16.2. The lowest BCUT2D eigenvalue weighted by Gasteiger charge is -2.32. The molecule has 1 aliphatic carbocycles. The van der Waals surface area contributed by atoms with Gasteiger partial charge in [0.2, 0.25) is 5.91 Å². The van der Waals surface area contributed by atoms with Crippen molar-refractivity contribution in [3.8, 4) is 0 Å². The van der Waals surface area contributed by atoms with Gasteiger partial charge in [-0.15, -0.1) is 11.3 Å². The maximum atomic E-state index is 12.1. The first-order valence-electron chi connectivity index (χ1n) is 9.77.